The second kappa shape index (κ2) is 4.10. The van der Waals surface area contributed by atoms with Crippen LogP contribution in [0.1, 0.15) is 29.7 Å². The third kappa shape index (κ3) is 2.00. The number of hydrogen-bond acceptors (Lipinski definition) is 3. The molecule has 0 aromatic heterocycles. The second-order valence-corrected chi connectivity index (χ2v) is 7.00. The Morgan fingerprint density at radius 3 is 2.53 bits per heavy atom. The first-order valence-electron chi connectivity index (χ1n) is 5.88. The Morgan fingerprint density at radius 1 is 1.29 bits per heavy atom. The molecule has 0 saturated carbocycles. The topological polar surface area (TPSA) is 46.2 Å². The molecule has 1 aliphatic rings. The first-order chi connectivity index (χ1) is 7.86. The van der Waals surface area contributed by atoms with Crippen LogP contribution in [0.4, 0.5) is 0 Å². The molecule has 94 valence electrons. The van der Waals surface area contributed by atoms with Gasteiger partial charge in [-0.1, -0.05) is 24.6 Å². The van der Waals surface area contributed by atoms with Crippen molar-refractivity contribution >= 4 is 9.84 Å². The summed E-state index contributed by atoms with van der Waals surface area (Å²) in [5.41, 5.74) is 2.92. The lowest BCUT2D eigenvalue weighted by molar-refractivity contribution is 0.420. The van der Waals surface area contributed by atoms with Gasteiger partial charge in [0.15, 0.2) is 9.84 Å². The lowest BCUT2D eigenvalue weighted by Gasteiger charge is -2.32. The zero-order valence-corrected chi connectivity index (χ0v) is 11.6. The van der Waals surface area contributed by atoms with E-state index in [1.54, 1.807) is 0 Å². The zero-order valence-electron chi connectivity index (χ0n) is 10.7. The van der Waals surface area contributed by atoms with E-state index in [2.05, 4.69) is 5.32 Å². The Kier molecular flexibility index (Phi) is 3.04. The highest BCUT2D eigenvalue weighted by atomic mass is 32.2. The predicted molar refractivity (Wildman–Crippen MR) is 68.9 cm³/mol. The Hall–Kier alpha value is -0.870. The van der Waals surface area contributed by atoms with E-state index in [1.165, 1.54) is 0 Å². The van der Waals surface area contributed by atoms with Crippen molar-refractivity contribution < 1.29 is 8.42 Å². The van der Waals surface area contributed by atoms with Crippen LogP contribution < -0.4 is 5.32 Å². The molecule has 0 aliphatic carbocycles. The third-order valence-electron chi connectivity index (χ3n) is 3.46. The highest BCUT2D eigenvalue weighted by Crippen LogP contribution is 2.37. The molecule has 0 fully saturated rings. The summed E-state index contributed by atoms with van der Waals surface area (Å²) < 4.78 is 24.5. The van der Waals surface area contributed by atoms with Gasteiger partial charge < -0.3 is 5.32 Å². The Morgan fingerprint density at radius 2 is 1.94 bits per heavy atom. The van der Waals surface area contributed by atoms with E-state index < -0.39 is 9.84 Å². The number of benzene rings is 1. The number of hydrogen-bond donors (Lipinski definition) is 1. The maximum Gasteiger partial charge on any atom is 0.179 e. The van der Waals surface area contributed by atoms with Crippen molar-refractivity contribution in [2.75, 3.05) is 12.8 Å². The highest BCUT2D eigenvalue weighted by Gasteiger charge is 2.35. The fraction of sp³-hybridized carbons (Fsp3) is 0.538. The van der Waals surface area contributed by atoms with Crippen molar-refractivity contribution in [1.29, 1.82) is 0 Å². The third-order valence-corrected chi connectivity index (χ3v) is 5.60. The van der Waals surface area contributed by atoms with E-state index in [-0.39, 0.29) is 17.7 Å². The maximum absolute atomic E-state index is 12.2. The predicted octanol–water partition coefficient (Wildman–Crippen LogP) is 1.99. The van der Waals surface area contributed by atoms with Crippen molar-refractivity contribution in [3.63, 3.8) is 0 Å². The van der Waals surface area contributed by atoms with Crippen LogP contribution in [-0.2, 0) is 9.84 Å². The lowest BCUT2D eigenvalue weighted by atomic mass is 9.93. The van der Waals surface area contributed by atoms with Crippen molar-refractivity contribution in [2.24, 2.45) is 5.92 Å². The van der Waals surface area contributed by atoms with Crippen LogP contribution in [-0.4, -0.2) is 21.2 Å². The standard InChI is InChI=1S/C13H19NO2S/c1-8-5-9(2)13-11(6-8)12(14-4)10(3)7-17(13,15)16/h5-6,10,12,14H,7H2,1-4H3. The summed E-state index contributed by atoms with van der Waals surface area (Å²) in [6, 6.07) is 4.07. The molecule has 0 saturated heterocycles. The van der Waals surface area contributed by atoms with Crippen molar-refractivity contribution in [1.82, 2.24) is 5.32 Å². The van der Waals surface area contributed by atoms with Gasteiger partial charge in [0.05, 0.1) is 10.6 Å². The normalized spacial score (nSPS) is 26.6. The molecule has 4 heteroatoms. The van der Waals surface area contributed by atoms with Crippen molar-refractivity contribution in [3.05, 3.63) is 28.8 Å². The number of rotatable bonds is 1. The largest absolute Gasteiger partial charge is 0.313 e. The van der Waals surface area contributed by atoms with Crippen LogP contribution >= 0.6 is 0 Å². The molecule has 1 heterocycles. The minimum atomic E-state index is -3.12. The zero-order chi connectivity index (χ0) is 12.8. The van der Waals surface area contributed by atoms with Crippen LogP contribution in [0.2, 0.25) is 0 Å². The Labute approximate surface area is 103 Å². The number of aryl methyl sites for hydroxylation is 2. The Balaban J connectivity index is 2.76. The number of fused-ring (bicyclic) bond motifs is 1. The first kappa shape index (κ1) is 12.6. The Bertz CT molecular complexity index is 549. The molecule has 0 spiro atoms. The summed E-state index contributed by atoms with van der Waals surface area (Å²) in [6.45, 7) is 5.87. The van der Waals surface area contributed by atoms with E-state index >= 15 is 0 Å². The summed E-state index contributed by atoms with van der Waals surface area (Å²) in [7, 11) is -1.23. The molecule has 1 aromatic carbocycles. The van der Waals surface area contributed by atoms with E-state index in [4.69, 9.17) is 0 Å². The van der Waals surface area contributed by atoms with Gasteiger partial charge in [-0.3, -0.25) is 0 Å². The fourth-order valence-corrected chi connectivity index (χ4v) is 5.06. The van der Waals surface area contributed by atoms with Gasteiger partial charge in [-0.25, -0.2) is 8.42 Å². The minimum absolute atomic E-state index is 0.110. The molecular formula is C13H19NO2S. The van der Waals surface area contributed by atoms with E-state index in [0.717, 1.165) is 16.7 Å². The van der Waals surface area contributed by atoms with E-state index in [0.29, 0.717) is 4.90 Å². The van der Waals surface area contributed by atoms with Gasteiger partial charge in [0.1, 0.15) is 0 Å². The van der Waals surface area contributed by atoms with Crippen LogP contribution in [0.3, 0.4) is 0 Å². The molecule has 0 radical (unpaired) electrons. The molecule has 3 nitrogen and oxygen atoms in total. The smallest absolute Gasteiger partial charge is 0.179 e. The van der Waals surface area contributed by atoms with Gasteiger partial charge in [0, 0.05) is 6.04 Å². The molecular weight excluding hydrogens is 234 g/mol. The van der Waals surface area contributed by atoms with Crippen molar-refractivity contribution in [3.8, 4) is 0 Å². The van der Waals surface area contributed by atoms with Gasteiger partial charge in [0.2, 0.25) is 0 Å². The quantitative estimate of drug-likeness (QED) is 0.832. The highest BCUT2D eigenvalue weighted by molar-refractivity contribution is 7.91. The monoisotopic (exact) mass is 253 g/mol. The van der Waals surface area contributed by atoms with Gasteiger partial charge in [-0.05, 0) is 37.9 Å². The average Bonchev–Trinajstić information content (AvgIpc) is 2.14. The number of sulfone groups is 1. The molecule has 0 amide bonds. The van der Waals surface area contributed by atoms with Crippen molar-refractivity contribution in [2.45, 2.75) is 31.7 Å². The minimum Gasteiger partial charge on any atom is -0.313 e. The average molecular weight is 253 g/mol. The number of nitrogens with one attached hydrogen (secondary N) is 1. The van der Waals surface area contributed by atoms with Gasteiger partial charge in [0.25, 0.3) is 0 Å². The summed E-state index contributed by atoms with van der Waals surface area (Å²) in [5, 5.41) is 3.24. The first-order valence-corrected chi connectivity index (χ1v) is 7.53. The molecule has 2 atom stereocenters. The second-order valence-electron chi connectivity index (χ2n) is 5.03. The van der Waals surface area contributed by atoms with Gasteiger partial charge in [-0.15, -0.1) is 0 Å². The van der Waals surface area contributed by atoms with Crippen LogP contribution in [0, 0.1) is 19.8 Å². The van der Waals surface area contributed by atoms with Gasteiger partial charge in [-0.2, -0.15) is 0 Å². The lowest BCUT2D eigenvalue weighted by Crippen LogP contribution is -2.35. The molecule has 17 heavy (non-hydrogen) atoms. The summed E-state index contributed by atoms with van der Waals surface area (Å²) in [6.07, 6.45) is 0. The molecule has 0 bridgehead atoms. The summed E-state index contributed by atoms with van der Waals surface area (Å²) in [4.78, 5) is 0.542. The molecule has 1 aromatic rings. The van der Waals surface area contributed by atoms with Crippen LogP contribution in [0.25, 0.3) is 0 Å². The summed E-state index contributed by atoms with van der Waals surface area (Å²) in [5.74, 6) is 0.341. The van der Waals surface area contributed by atoms with E-state index in [1.807, 2.05) is 40.0 Å². The van der Waals surface area contributed by atoms with Crippen LogP contribution in [0.15, 0.2) is 17.0 Å². The molecule has 1 aliphatic heterocycles. The fourth-order valence-electron chi connectivity index (χ4n) is 2.92. The van der Waals surface area contributed by atoms with E-state index in [9.17, 15) is 8.42 Å². The molecule has 1 N–H and O–H groups in total. The van der Waals surface area contributed by atoms with Crippen LogP contribution in [0.5, 0.6) is 0 Å². The maximum atomic E-state index is 12.2. The summed E-state index contributed by atoms with van der Waals surface area (Å²) >= 11 is 0. The SMILES string of the molecule is CNC1c2cc(C)cc(C)c2S(=O)(=O)CC1C. The van der Waals surface area contributed by atoms with Gasteiger partial charge >= 0.3 is 0 Å². The molecule has 2 rings (SSSR count). The molecule has 2 unspecified atom stereocenters.